The van der Waals surface area contributed by atoms with Gasteiger partial charge in [-0.2, -0.15) is 0 Å². The SMILES string of the molecule is Clc1ccccc1Cc1ccsc1Nc1ccccc1. The van der Waals surface area contributed by atoms with Crippen LogP contribution in [-0.2, 0) is 6.42 Å². The summed E-state index contributed by atoms with van der Waals surface area (Å²) < 4.78 is 0. The predicted octanol–water partition coefficient (Wildman–Crippen LogP) is 5.74. The van der Waals surface area contributed by atoms with E-state index in [1.807, 2.05) is 36.4 Å². The molecule has 1 aromatic heterocycles. The molecule has 0 fully saturated rings. The summed E-state index contributed by atoms with van der Waals surface area (Å²) in [5.41, 5.74) is 3.53. The molecule has 2 aromatic carbocycles. The maximum absolute atomic E-state index is 6.24. The molecule has 0 saturated carbocycles. The molecule has 20 heavy (non-hydrogen) atoms. The minimum Gasteiger partial charge on any atom is -0.347 e. The topological polar surface area (TPSA) is 12.0 Å². The van der Waals surface area contributed by atoms with Crippen molar-refractivity contribution in [3.8, 4) is 0 Å². The Labute approximate surface area is 127 Å². The van der Waals surface area contributed by atoms with E-state index in [1.54, 1.807) is 11.3 Å². The zero-order chi connectivity index (χ0) is 13.8. The zero-order valence-electron chi connectivity index (χ0n) is 10.8. The van der Waals surface area contributed by atoms with Crippen LogP contribution in [0.1, 0.15) is 11.1 Å². The van der Waals surface area contributed by atoms with E-state index in [1.165, 1.54) is 10.6 Å². The molecule has 0 bridgehead atoms. The maximum Gasteiger partial charge on any atom is 0.0962 e. The third kappa shape index (κ3) is 3.03. The van der Waals surface area contributed by atoms with Crippen LogP contribution in [0, 0.1) is 0 Å². The number of thiophene rings is 1. The van der Waals surface area contributed by atoms with Crippen LogP contribution >= 0.6 is 22.9 Å². The van der Waals surface area contributed by atoms with Crippen molar-refractivity contribution < 1.29 is 0 Å². The number of halogens is 1. The van der Waals surface area contributed by atoms with Crippen LogP contribution in [0.2, 0.25) is 5.02 Å². The molecule has 0 radical (unpaired) electrons. The molecule has 3 rings (SSSR count). The number of anilines is 2. The van der Waals surface area contributed by atoms with Crippen molar-refractivity contribution >= 4 is 33.6 Å². The molecule has 1 nitrogen and oxygen atoms in total. The lowest BCUT2D eigenvalue weighted by Gasteiger charge is -2.08. The molecule has 3 aromatic rings. The van der Waals surface area contributed by atoms with E-state index in [2.05, 4.69) is 35.0 Å². The van der Waals surface area contributed by atoms with Gasteiger partial charge in [-0.25, -0.2) is 0 Å². The molecule has 0 atom stereocenters. The van der Waals surface area contributed by atoms with Gasteiger partial charge in [0.2, 0.25) is 0 Å². The Bertz CT molecular complexity index is 691. The molecule has 0 aliphatic heterocycles. The summed E-state index contributed by atoms with van der Waals surface area (Å²) in [6.45, 7) is 0. The molecule has 0 unspecified atom stereocenters. The monoisotopic (exact) mass is 299 g/mol. The fourth-order valence-corrected chi connectivity index (χ4v) is 3.12. The molecule has 100 valence electrons. The number of nitrogens with one attached hydrogen (secondary N) is 1. The Kier molecular flexibility index (Phi) is 4.05. The number of para-hydroxylation sites is 1. The number of rotatable bonds is 4. The van der Waals surface area contributed by atoms with Gasteiger partial charge in [0.1, 0.15) is 0 Å². The lowest BCUT2D eigenvalue weighted by molar-refractivity contribution is 1.21. The summed E-state index contributed by atoms with van der Waals surface area (Å²) in [6, 6.07) is 20.4. The van der Waals surface area contributed by atoms with Gasteiger partial charge in [-0.05, 0) is 40.8 Å². The molecule has 0 aliphatic rings. The van der Waals surface area contributed by atoms with E-state index in [0.717, 1.165) is 22.7 Å². The van der Waals surface area contributed by atoms with E-state index in [-0.39, 0.29) is 0 Å². The van der Waals surface area contributed by atoms with Crippen LogP contribution in [0.3, 0.4) is 0 Å². The highest BCUT2D eigenvalue weighted by Crippen LogP contribution is 2.30. The summed E-state index contributed by atoms with van der Waals surface area (Å²) >= 11 is 7.95. The second kappa shape index (κ2) is 6.12. The first-order valence-electron chi connectivity index (χ1n) is 6.45. The van der Waals surface area contributed by atoms with Crippen molar-refractivity contribution in [2.45, 2.75) is 6.42 Å². The summed E-state index contributed by atoms with van der Waals surface area (Å²) in [6.07, 6.45) is 0.846. The third-order valence-corrected chi connectivity index (χ3v) is 4.36. The normalized spacial score (nSPS) is 10.4. The minimum absolute atomic E-state index is 0.823. The maximum atomic E-state index is 6.24. The minimum atomic E-state index is 0.823. The summed E-state index contributed by atoms with van der Waals surface area (Å²) in [5, 5.41) is 7.58. The molecule has 0 spiro atoms. The Morgan fingerprint density at radius 1 is 0.850 bits per heavy atom. The molecule has 1 heterocycles. The smallest absolute Gasteiger partial charge is 0.0962 e. The fourth-order valence-electron chi connectivity index (χ4n) is 2.08. The Morgan fingerprint density at radius 3 is 2.40 bits per heavy atom. The molecule has 1 N–H and O–H groups in total. The second-order valence-electron chi connectivity index (χ2n) is 4.53. The fraction of sp³-hybridized carbons (Fsp3) is 0.0588. The molecule has 3 heteroatoms. The predicted molar refractivity (Wildman–Crippen MR) is 88.3 cm³/mol. The lowest BCUT2D eigenvalue weighted by atomic mass is 10.1. The number of hydrogen-bond donors (Lipinski definition) is 1. The first kappa shape index (κ1) is 13.2. The quantitative estimate of drug-likeness (QED) is 0.648. The van der Waals surface area contributed by atoms with E-state index in [9.17, 15) is 0 Å². The first-order chi connectivity index (χ1) is 9.83. The van der Waals surface area contributed by atoms with Crippen molar-refractivity contribution in [1.82, 2.24) is 0 Å². The van der Waals surface area contributed by atoms with Gasteiger partial charge in [-0.15, -0.1) is 11.3 Å². The number of benzene rings is 2. The van der Waals surface area contributed by atoms with Gasteiger partial charge in [0.05, 0.1) is 5.00 Å². The van der Waals surface area contributed by atoms with Crippen LogP contribution in [0.25, 0.3) is 0 Å². The van der Waals surface area contributed by atoms with Gasteiger partial charge in [0.25, 0.3) is 0 Å². The highest BCUT2D eigenvalue weighted by Gasteiger charge is 2.07. The van der Waals surface area contributed by atoms with Gasteiger partial charge in [-0.1, -0.05) is 48.0 Å². The average molecular weight is 300 g/mol. The number of hydrogen-bond acceptors (Lipinski definition) is 2. The van der Waals surface area contributed by atoms with E-state index < -0.39 is 0 Å². The Balaban J connectivity index is 1.82. The van der Waals surface area contributed by atoms with Crippen LogP contribution in [0.5, 0.6) is 0 Å². The molecular weight excluding hydrogens is 286 g/mol. The molecular formula is C17H14ClNS. The molecule has 0 saturated heterocycles. The van der Waals surface area contributed by atoms with Gasteiger partial charge < -0.3 is 5.32 Å². The Hall–Kier alpha value is -1.77. The summed E-state index contributed by atoms with van der Waals surface area (Å²) in [4.78, 5) is 0. The van der Waals surface area contributed by atoms with Crippen LogP contribution in [0.4, 0.5) is 10.7 Å². The summed E-state index contributed by atoms with van der Waals surface area (Å²) in [5.74, 6) is 0. The van der Waals surface area contributed by atoms with Crippen molar-refractivity contribution in [3.05, 3.63) is 82.2 Å². The van der Waals surface area contributed by atoms with E-state index >= 15 is 0 Å². The summed E-state index contributed by atoms with van der Waals surface area (Å²) in [7, 11) is 0. The van der Waals surface area contributed by atoms with Gasteiger partial charge in [-0.3, -0.25) is 0 Å². The highest BCUT2D eigenvalue weighted by atomic mass is 35.5. The molecule has 0 aliphatic carbocycles. The van der Waals surface area contributed by atoms with Crippen LogP contribution in [0.15, 0.2) is 66.0 Å². The van der Waals surface area contributed by atoms with Gasteiger partial charge >= 0.3 is 0 Å². The van der Waals surface area contributed by atoms with Crippen molar-refractivity contribution in [3.63, 3.8) is 0 Å². The zero-order valence-corrected chi connectivity index (χ0v) is 12.4. The Morgan fingerprint density at radius 2 is 1.60 bits per heavy atom. The standard InChI is InChI=1S/C17H14ClNS/c18-16-9-5-4-6-13(16)12-14-10-11-20-17(14)19-15-7-2-1-3-8-15/h1-11,19H,12H2. The third-order valence-electron chi connectivity index (χ3n) is 3.12. The highest BCUT2D eigenvalue weighted by molar-refractivity contribution is 7.14. The van der Waals surface area contributed by atoms with Crippen molar-refractivity contribution in [2.24, 2.45) is 0 Å². The van der Waals surface area contributed by atoms with Gasteiger partial charge in [0.15, 0.2) is 0 Å². The van der Waals surface area contributed by atoms with E-state index in [4.69, 9.17) is 11.6 Å². The largest absolute Gasteiger partial charge is 0.347 e. The molecule has 0 amide bonds. The van der Waals surface area contributed by atoms with E-state index in [0.29, 0.717) is 0 Å². The van der Waals surface area contributed by atoms with Gasteiger partial charge in [0, 0.05) is 17.1 Å². The van der Waals surface area contributed by atoms with Crippen LogP contribution in [-0.4, -0.2) is 0 Å². The lowest BCUT2D eigenvalue weighted by Crippen LogP contribution is -1.93. The van der Waals surface area contributed by atoms with Crippen LogP contribution < -0.4 is 5.32 Å². The second-order valence-corrected chi connectivity index (χ2v) is 5.86. The first-order valence-corrected chi connectivity index (χ1v) is 7.70. The average Bonchev–Trinajstić information content (AvgIpc) is 2.90. The van der Waals surface area contributed by atoms with Crippen molar-refractivity contribution in [2.75, 3.05) is 5.32 Å². The van der Waals surface area contributed by atoms with Crippen molar-refractivity contribution in [1.29, 1.82) is 0 Å².